The summed E-state index contributed by atoms with van der Waals surface area (Å²) in [4.78, 5) is 1.32. The smallest absolute Gasteiger partial charge is 0.0716 e. The Kier molecular flexibility index (Phi) is 6.25. The van der Waals surface area contributed by atoms with Crippen molar-refractivity contribution in [2.24, 2.45) is 5.92 Å². The molecule has 6 heteroatoms. The first-order valence-corrected chi connectivity index (χ1v) is 6.70. The molecular weight excluding hydrogens is 312 g/mol. The van der Waals surface area contributed by atoms with E-state index >= 15 is 0 Å². The number of aliphatic hydroxyl groups excluding tert-OH is 1. The van der Waals surface area contributed by atoms with Crippen LogP contribution in [0.2, 0.25) is 0 Å². The molecule has 0 bridgehead atoms. The van der Waals surface area contributed by atoms with E-state index in [1.54, 1.807) is 11.3 Å². The fraction of sp³-hybridized carbons (Fsp3) is 0.600. The minimum atomic E-state index is -0.187. The normalized spacial score (nSPS) is 24.4. The Morgan fingerprint density at radius 3 is 2.88 bits per heavy atom. The topological polar surface area (TPSA) is 44.3 Å². The van der Waals surface area contributed by atoms with Crippen LogP contribution in [0.5, 0.6) is 0 Å². The molecule has 3 nitrogen and oxygen atoms in total. The third-order valence-electron chi connectivity index (χ3n) is 2.64. The van der Waals surface area contributed by atoms with E-state index in [-0.39, 0.29) is 18.5 Å². The highest BCUT2D eigenvalue weighted by molar-refractivity contribution is 9.11. The van der Waals surface area contributed by atoms with Crippen molar-refractivity contribution >= 4 is 39.7 Å². The van der Waals surface area contributed by atoms with Crippen molar-refractivity contribution in [2.75, 3.05) is 19.6 Å². The number of β-amino-alcohol motifs (C(OH)–C–C–N with tert-alkyl or cyclic N) is 1. The zero-order valence-corrected chi connectivity index (χ0v) is 12.0. The van der Waals surface area contributed by atoms with Crippen LogP contribution in [0.1, 0.15) is 4.88 Å². The van der Waals surface area contributed by atoms with Gasteiger partial charge in [0.1, 0.15) is 0 Å². The van der Waals surface area contributed by atoms with Crippen molar-refractivity contribution in [3.8, 4) is 0 Å². The van der Waals surface area contributed by atoms with Crippen molar-refractivity contribution in [1.82, 2.24) is 10.6 Å². The number of aliphatic hydroxyl groups is 1. The molecule has 0 saturated carbocycles. The van der Waals surface area contributed by atoms with E-state index < -0.39 is 0 Å². The molecule has 1 saturated heterocycles. The van der Waals surface area contributed by atoms with Gasteiger partial charge in [0.25, 0.3) is 0 Å². The van der Waals surface area contributed by atoms with Gasteiger partial charge in [-0.2, -0.15) is 0 Å². The average molecular weight is 328 g/mol. The van der Waals surface area contributed by atoms with Crippen molar-refractivity contribution in [1.29, 1.82) is 0 Å². The Balaban J connectivity index is 0.00000128. The largest absolute Gasteiger partial charge is 0.391 e. The minimum absolute atomic E-state index is 0. The highest BCUT2D eigenvalue weighted by Crippen LogP contribution is 2.21. The summed E-state index contributed by atoms with van der Waals surface area (Å²) in [6, 6.07) is 4.18. The molecule has 0 radical (unpaired) electrons. The van der Waals surface area contributed by atoms with E-state index in [4.69, 9.17) is 0 Å². The van der Waals surface area contributed by atoms with Gasteiger partial charge in [-0.15, -0.1) is 23.7 Å². The number of thiophene rings is 1. The highest BCUT2D eigenvalue weighted by Gasteiger charge is 2.23. The maximum Gasteiger partial charge on any atom is 0.0716 e. The number of rotatable bonds is 4. The van der Waals surface area contributed by atoms with Crippen LogP contribution < -0.4 is 10.6 Å². The minimum Gasteiger partial charge on any atom is -0.391 e. The lowest BCUT2D eigenvalue weighted by molar-refractivity contribution is 0.146. The second kappa shape index (κ2) is 6.93. The molecular formula is C10H16BrClN2OS. The summed E-state index contributed by atoms with van der Waals surface area (Å²) in [6.45, 7) is 3.42. The summed E-state index contributed by atoms with van der Waals surface area (Å²) in [5.41, 5.74) is 0. The van der Waals surface area contributed by atoms with Crippen LogP contribution in [0.25, 0.3) is 0 Å². The van der Waals surface area contributed by atoms with E-state index in [2.05, 4.69) is 38.7 Å². The second-order valence-electron chi connectivity index (χ2n) is 3.82. The van der Waals surface area contributed by atoms with E-state index in [9.17, 15) is 5.11 Å². The molecule has 2 heterocycles. The Morgan fingerprint density at radius 2 is 2.31 bits per heavy atom. The first-order valence-electron chi connectivity index (χ1n) is 5.09. The van der Waals surface area contributed by atoms with E-state index in [0.29, 0.717) is 5.92 Å². The molecule has 1 aliphatic heterocycles. The van der Waals surface area contributed by atoms with E-state index in [1.165, 1.54) is 8.66 Å². The predicted molar refractivity (Wildman–Crippen MR) is 73.3 cm³/mol. The van der Waals surface area contributed by atoms with Gasteiger partial charge in [0.2, 0.25) is 0 Å². The quantitative estimate of drug-likeness (QED) is 0.787. The Morgan fingerprint density at radius 1 is 1.50 bits per heavy atom. The fourth-order valence-electron chi connectivity index (χ4n) is 1.76. The van der Waals surface area contributed by atoms with Gasteiger partial charge in [-0.1, -0.05) is 0 Å². The number of hydrogen-bond acceptors (Lipinski definition) is 4. The van der Waals surface area contributed by atoms with Crippen LogP contribution in [0.15, 0.2) is 15.9 Å². The van der Waals surface area contributed by atoms with Gasteiger partial charge in [0.15, 0.2) is 0 Å². The zero-order valence-electron chi connectivity index (χ0n) is 8.78. The van der Waals surface area contributed by atoms with Crippen molar-refractivity contribution < 1.29 is 5.11 Å². The van der Waals surface area contributed by atoms with E-state index in [1.807, 2.05) is 0 Å². The SMILES string of the molecule is Cl.OC1CNCC1CNCc1ccc(Br)s1. The van der Waals surface area contributed by atoms with Crippen LogP contribution >= 0.6 is 39.7 Å². The van der Waals surface area contributed by atoms with Crippen molar-refractivity contribution in [3.63, 3.8) is 0 Å². The molecule has 0 aromatic carbocycles. The maximum absolute atomic E-state index is 9.58. The monoisotopic (exact) mass is 326 g/mol. The van der Waals surface area contributed by atoms with Gasteiger partial charge in [-0.25, -0.2) is 0 Å². The highest BCUT2D eigenvalue weighted by atomic mass is 79.9. The van der Waals surface area contributed by atoms with Gasteiger partial charge in [-0.05, 0) is 28.1 Å². The predicted octanol–water partition coefficient (Wildman–Crippen LogP) is 1.60. The molecule has 1 aliphatic rings. The fourth-order valence-corrected chi connectivity index (χ4v) is 3.21. The summed E-state index contributed by atoms with van der Waals surface area (Å²) < 4.78 is 1.17. The lowest BCUT2D eigenvalue weighted by atomic mass is 10.1. The molecule has 3 N–H and O–H groups in total. The van der Waals surface area contributed by atoms with Gasteiger partial charge >= 0.3 is 0 Å². The van der Waals surface area contributed by atoms with Gasteiger partial charge < -0.3 is 15.7 Å². The standard InChI is InChI=1S/C10H15BrN2OS.ClH/c11-10-2-1-8(15-10)5-12-3-7-4-13-6-9(7)14;/h1-2,7,9,12-14H,3-6H2;1H. The van der Waals surface area contributed by atoms with Crippen molar-refractivity contribution in [2.45, 2.75) is 12.6 Å². The maximum atomic E-state index is 9.58. The molecule has 92 valence electrons. The first-order chi connectivity index (χ1) is 7.25. The first kappa shape index (κ1) is 14.4. The molecule has 1 aromatic rings. The Hall–Kier alpha value is 0.350. The van der Waals surface area contributed by atoms with Crippen LogP contribution in [-0.4, -0.2) is 30.8 Å². The zero-order chi connectivity index (χ0) is 10.7. The number of hydrogen-bond donors (Lipinski definition) is 3. The second-order valence-corrected chi connectivity index (χ2v) is 6.37. The Bertz CT molecular complexity index is 324. The molecule has 16 heavy (non-hydrogen) atoms. The molecule has 0 aliphatic carbocycles. The van der Waals surface area contributed by atoms with Crippen LogP contribution in [0, 0.1) is 5.92 Å². The summed E-state index contributed by atoms with van der Waals surface area (Å²) in [5.74, 6) is 0.355. The number of nitrogens with one attached hydrogen (secondary N) is 2. The van der Waals surface area contributed by atoms with Gasteiger partial charge in [0.05, 0.1) is 9.89 Å². The lowest BCUT2D eigenvalue weighted by Gasteiger charge is -2.13. The molecule has 1 fully saturated rings. The van der Waals surface area contributed by atoms with Crippen LogP contribution in [0.3, 0.4) is 0 Å². The summed E-state index contributed by atoms with van der Waals surface area (Å²) >= 11 is 5.19. The molecule has 0 spiro atoms. The molecule has 1 aromatic heterocycles. The van der Waals surface area contributed by atoms with Crippen LogP contribution in [-0.2, 0) is 6.54 Å². The summed E-state index contributed by atoms with van der Waals surface area (Å²) in [6.07, 6.45) is -0.187. The number of halogens is 2. The van der Waals surface area contributed by atoms with Crippen LogP contribution in [0.4, 0.5) is 0 Å². The van der Waals surface area contributed by atoms with Gasteiger partial charge in [0, 0.05) is 37.0 Å². The molecule has 2 unspecified atom stereocenters. The molecule has 0 amide bonds. The molecule has 2 rings (SSSR count). The lowest BCUT2D eigenvalue weighted by Crippen LogP contribution is -2.29. The summed E-state index contributed by atoms with van der Waals surface area (Å²) in [5, 5.41) is 16.1. The average Bonchev–Trinajstić information content (AvgIpc) is 2.77. The Labute approximate surface area is 114 Å². The third kappa shape index (κ3) is 3.98. The molecule has 2 atom stereocenters. The summed E-state index contributed by atoms with van der Waals surface area (Å²) in [7, 11) is 0. The third-order valence-corrected chi connectivity index (χ3v) is 4.26. The van der Waals surface area contributed by atoms with E-state index in [0.717, 1.165) is 26.2 Å². The van der Waals surface area contributed by atoms with Gasteiger partial charge in [-0.3, -0.25) is 0 Å². The van der Waals surface area contributed by atoms with Crippen molar-refractivity contribution in [3.05, 3.63) is 20.8 Å².